The summed E-state index contributed by atoms with van der Waals surface area (Å²) in [6.45, 7) is 3.70. The topological polar surface area (TPSA) is 64.9 Å². The molecule has 0 bridgehead atoms. The first-order chi connectivity index (χ1) is 7.61. The van der Waals surface area contributed by atoms with E-state index in [4.69, 9.17) is 10.3 Å². The summed E-state index contributed by atoms with van der Waals surface area (Å²) >= 11 is 0. The second kappa shape index (κ2) is 4.02. The van der Waals surface area contributed by atoms with Gasteiger partial charge in [-0.1, -0.05) is 5.16 Å². The molecule has 0 atom stereocenters. The third kappa shape index (κ3) is 1.81. The first-order valence-electron chi connectivity index (χ1n) is 4.91. The highest BCUT2D eigenvalue weighted by Gasteiger charge is 2.12. The molecule has 0 saturated heterocycles. The second-order valence-corrected chi connectivity index (χ2v) is 3.63. The summed E-state index contributed by atoms with van der Waals surface area (Å²) in [6.07, 6.45) is 0. The summed E-state index contributed by atoms with van der Waals surface area (Å²) in [4.78, 5) is 4.11. The third-order valence-corrected chi connectivity index (χ3v) is 2.39. The summed E-state index contributed by atoms with van der Waals surface area (Å²) < 4.78 is 18.2. The van der Waals surface area contributed by atoms with Gasteiger partial charge in [-0.2, -0.15) is 4.98 Å². The first-order valence-corrected chi connectivity index (χ1v) is 4.91. The molecule has 1 heterocycles. The number of rotatable bonds is 2. The van der Waals surface area contributed by atoms with Crippen LogP contribution in [0.2, 0.25) is 0 Å². The molecule has 0 radical (unpaired) electrons. The lowest BCUT2D eigenvalue weighted by Crippen LogP contribution is -1.96. The Morgan fingerprint density at radius 1 is 1.31 bits per heavy atom. The summed E-state index contributed by atoms with van der Waals surface area (Å²) in [5.74, 6) is 0.584. The Kier molecular flexibility index (Phi) is 2.70. The standard InChI is InChI=1S/C11H12FN3O/c1-6-4-9(12)7(2)3-8(6)11-14-10(5-13)16-15-11/h3-4H,5,13H2,1-2H3. The van der Waals surface area contributed by atoms with Crippen molar-refractivity contribution in [2.45, 2.75) is 20.4 Å². The molecule has 0 fully saturated rings. The number of nitrogens with two attached hydrogens (primary N) is 1. The van der Waals surface area contributed by atoms with Gasteiger partial charge in [-0.25, -0.2) is 4.39 Å². The fourth-order valence-electron chi connectivity index (χ4n) is 1.47. The van der Waals surface area contributed by atoms with Gasteiger partial charge in [0.1, 0.15) is 5.82 Å². The molecule has 0 aliphatic rings. The predicted octanol–water partition coefficient (Wildman–Crippen LogP) is 1.95. The molecular weight excluding hydrogens is 209 g/mol. The van der Waals surface area contributed by atoms with Gasteiger partial charge >= 0.3 is 0 Å². The average Bonchev–Trinajstić information content (AvgIpc) is 2.71. The van der Waals surface area contributed by atoms with Crippen molar-refractivity contribution in [1.82, 2.24) is 10.1 Å². The van der Waals surface area contributed by atoms with Crippen molar-refractivity contribution < 1.29 is 8.91 Å². The lowest BCUT2D eigenvalue weighted by molar-refractivity contribution is 0.380. The Balaban J connectivity index is 2.51. The minimum absolute atomic E-state index is 0.201. The highest BCUT2D eigenvalue weighted by Crippen LogP contribution is 2.23. The Bertz CT molecular complexity index is 522. The average molecular weight is 221 g/mol. The van der Waals surface area contributed by atoms with Gasteiger partial charge in [-0.05, 0) is 37.1 Å². The number of aromatic nitrogens is 2. The molecule has 0 spiro atoms. The van der Waals surface area contributed by atoms with E-state index in [1.807, 2.05) is 0 Å². The van der Waals surface area contributed by atoms with Gasteiger partial charge in [-0.15, -0.1) is 0 Å². The lowest BCUT2D eigenvalue weighted by Gasteiger charge is -2.03. The van der Waals surface area contributed by atoms with Crippen LogP contribution in [0.25, 0.3) is 11.4 Å². The van der Waals surface area contributed by atoms with Crippen molar-refractivity contribution in [2.75, 3.05) is 0 Å². The van der Waals surface area contributed by atoms with E-state index in [2.05, 4.69) is 10.1 Å². The maximum atomic E-state index is 13.3. The van der Waals surface area contributed by atoms with Gasteiger partial charge in [0.15, 0.2) is 0 Å². The largest absolute Gasteiger partial charge is 0.338 e. The summed E-state index contributed by atoms with van der Waals surface area (Å²) in [7, 11) is 0. The Morgan fingerprint density at radius 2 is 2.06 bits per heavy atom. The van der Waals surface area contributed by atoms with Crippen LogP contribution in [0.15, 0.2) is 16.7 Å². The van der Waals surface area contributed by atoms with Gasteiger partial charge in [0.05, 0.1) is 6.54 Å². The van der Waals surface area contributed by atoms with Gasteiger partial charge in [0.25, 0.3) is 0 Å². The van der Waals surface area contributed by atoms with Gasteiger partial charge in [0.2, 0.25) is 11.7 Å². The fourth-order valence-corrected chi connectivity index (χ4v) is 1.47. The molecule has 16 heavy (non-hydrogen) atoms. The first kappa shape index (κ1) is 10.8. The molecule has 0 amide bonds. The Labute approximate surface area is 92.3 Å². The van der Waals surface area contributed by atoms with Crippen molar-refractivity contribution >= 4 is 0 Å². The fraction of sp³-hybridized carbons (Fsp3) is 0.273. The maximum Gasteiger partial charge on any atom is 0.240 e. The van der Waals surface area contributed by atoms with Gasteiger partial charge < -0.3 is 10.3 Å². The number of aryl methyl sites for hydroxylation is 2. The van der Waals surface area contributed by atoms with Crippen LogP contribution in [-0.4, -0.2) is 10.1 Å². The number of halogens is 1. The zero-order valence-corrected chi connectivity index (χ0v) is 9.12. The van der Waals surface area contributed by atoms with Crippen LogP contribution in [0, 0.1) is 19.7 Å². The Hall–Kier alpha value is -1.75. The predicted molar refractivity (Wildman–Crippen MR) is 57.1 cm³/mol. The smallest absolute Gasteiger partial charge is 0.240 e. The van der Waals surface area contributed by atoms with E-state index >= 15 is 0 Å². The summed E-state index contributed by atoms with van der Waals surface area (Å²) in [5.41, 5.74) is 7.47. The number of hydrogen-bond acceptors (Lipinski definition) is 4. The van der Waals surface area contributed by atoms with Crippen molar-refractivity contribution in [3.8, 4) is 11.4 Å². The SMILES string of the molecule is Cc1cc(-c2noc(CN)n2)c(C)cc1F. The molecule has 2 aromatic rings. The van der Waals surface area contributed by atoms with E-state index in [9.17, 15) is 4.39 Å². The highest BCUT2D eigenvalue weighted by molar-refractivity contribution is 5.60. The van der Waals surface area contributed by atoms with E-state index in [1.165, 1.54) is 6.07 Å². The zero-order chi connectivity index (χ0) is 11.7. The lowest BCUT2D eigenvalue weighted by atomic mass is 10.0. The van der Waals surface area contributed by atoms with Crippen LogP contribution >= 0.6 is 0 Å². The van der Waals surface area contributed by atoms with E-state index in [1.54, 1.807) is 19.9 Å². The third-order valence-electron chi connectivity index (χ3n) is 2.39. The Morgan fingerprint density at radius 3 is 2.69 bits per heavy atom. The zero-order valence-electron chi connectivity index (χ0n) is 9.12. The normalized spacial score (nSPS) is 10.8. The van der Waals surface area contributed by atoms with E-state index in [0.29, 0.717) is 17.3 Å². The highest BCUT2D eigenvalue weighted by atomic mass is 19.1. The van der Waals surface area contributed by atoms with Crippen molar-refractivity contribution in [3.63, 3.8) is 0 Å². The minimum Gasteiger partial charge on any atom is -0.338 e. The van der Waals surface area contributed by atoms with Crippen LogP contribution in [0.4, 0.5) is 4.39 Å². The van der Waals surface area contributed by atoms with Crippen LogP contribution < -0.4 is 5.73 Å². The van der Waals surface area contributed by atoms with E-state index < -0.39 is 0 Å². The molecule has 4 nitrogen and oxygen atoms in total. The molecule has 2 rings (SSSR count). The van der Waals surface area contributed by atoms with E-state index in [0.717, 1.165) is 11.1 Å². The molecule has 0 aliphatic heterocycles. The molecule has 0 saturated carbocycles. The van der Waals surface area contributed by atoms with Crippen LogP contribution in [-0.2, 0) is 6.54 Å². The molecule has 2 N–H and O–H groups in total. The monoisotopic (exact) mass is 221 g/mol. The molecule has 1 aromatic heterocycles. The summed E-state index contributed by atoms with van der Waals surface area (Å²) in [5, 5.41) is 3.80. The number of benzene rings is 1. The van der Waals surface area contributed by atoms with E-state index in [-0.39, 0.29) is 12.4 Å². The maximum absolute atomic E-state index is 13.3. The molecule has 84 valence electrons. The number of hydrogen-bond donors (Lipinski definition) is 1. The molecule has 0 aliphatic carbocycles. The van der Waals surface area contributed by atoms with Crippen LogP contribution in [0.5, 0.6) is 0 Å². The van der Waals surface area contributed by atoms with Crippen LogP contribution in [0.1, 0.15) is 17.0 Å². The molecular formula is C11H12FN3O. The number of nitrogens with zero attached hydrogens (tertiary/aromatic N) is 2. The second-order valence-electron chi connectivity index (χ2n) is 3.63. The van der Waals surface area contributed by atoms with Gasteiger partial charge in [-0.3, -0.25) is 0 Å². The molecule has 1 aromatic carbocycles. The van der Waals surface area contributed by atoms with Crippen molar-refractivity contribution in [1.29, 1.82) is 0 Å². The quantitative estimate of drug-likeness (QED) is 0.841. The minimum atomic E-state index is -0.233. The van der Waals surface area contributed by atoms with Crippen molar-refractivity contribution in [2.24, 2.45) is 5.73 Å². The van der Waals surface area contributed by atoms with Gasteiger partial charge in [0, 0.05) is 5.56 Å². The summed E-state index contributed by atoms with van der Waals surface area (Å²) in [6, 6.07) is 3.17. The molecule has 5 heteroatoms. The molecule has 0 unspecified atom stereocenters. The van der Waals surface area contributed by atoms with Crippen molar-refractivity contribution in [3.05, 3.63) is 35.0 Å². The van der Waals surface area contributed by atoms with Crippen LogP contribution in [0.3, 0.4) is 0 Å².